The van der Waals surface area contributed by atoms with Crippen molar-refractivity contribution in [1.82, 2.24) is 0 Å². The highest BCUT2D eigenvalue weighted by Gasteiger charge is 1.95. The third-order valence-electron chi connectivity index (χ3n) is 1.64. The molecule has 2 nitrogen and oxygen atoms in total. The van der Waals surface area contributed by atoms with Gasteiger partial charge in [0.05, 0.1) is 0 Å². The molecule has 0 saturated heterocycles. The van der Waals surface area contributed by atoms with Crippen LogP contribution in [-0.4, -0.2) is 5.91 Å². The standard InChI is InChI=1S/C12H11NO/c1-3-5-12(14)13-11-8-6-10(4-2)7-9-11/h2-3,5-9H,1H3,(H,13,14)/b5-3+. The van der Waals surface area contributed by atoms with Gasteiger partial charge in [-0.1, -0.05) is 12.0 Å². The first-order valence-corrected chi connectivity index (χ1v) is 4.26. The summed E-state index contributed by atoms with van der Waals surface area (Å²) in [5, 5.41) is 2.70. The highest BCUT2D eigenvalue weighted by atomic mass is 16.1. The molecule has 0 saturated carbocycles. The van der Waals surface area contributed by atoms with Crippen molar-refractivity contribution in [1.29, 1.82) is 0 Å². The zero-order chi connectivity index (χ0) is 10.4. The van der Waals surface area contributed by atoms with E-state index in [-0.39, 0.29) is 5.91 Å². The molecule has 0 fully saturated rings. The molecule has 2 heteroatoms. The minimum absolute atomic E-state index is 0.138. The summed E-state index contributed by atoms with van der Waals surface area (Å²) in [5.41, 5.74) is 1.54. The van der Waals surface area contributed by atoms with E-state index in [0.29, 0.717) is 0 Å². The first-order valence-electron chi connectivity index (χ1n) is 4.26. The van der Waals surface area contributed by atoms with Crippen molar-refractivity contribution >= 4 is 11.6 Å². The van der Waals surface area contributed by atoms with Crippen LogP contribution in [0, 0.1) is 12.3 Å². The summed E-state index contributed by atoms with van der Waals surface area (Å²) in [6.07, 6.45) is 8.35. The number of anilines is 1. The molecule has 1 amide bonds. The fourth-order valence-corrected chi connectivity index (χ4v) is 0.985. The Morgan fingerprint density at radius 3 is 2.57 bits per heavy atom. The first kappa shape index (κ1) is 10.1. The molecule has 1 aromatic carbocycles. The van der Waals surface area contributed by atoms with Crippen LogP contribution in [0.2, 0.25) is 0 Å². The number of rotatable bonds is 2. The Labute approximate surface area is 83.6 Å². The zero-order valence-electron chi connectivity index (χ0n) is 7.95. The molecule has 1 rings (SSSR count). The largest absolute Gasteiger partial charge is 0.323 e. The van der Waals surface area contributed by atoms with E-state index in [1.54, 1.807) is 37.3 Å². The Morgan fingerprint density at radius 1 is 1.43 bits per heavy atom. The summed E-state index contributed by atoms with van der Waals surface area (Å²) in [5.74, 6) is 2.37. The van der Waals surface area contributed by atoms with Crippen molar-refractivity contribution in [2.45, 2.75) is 6.92 Å². The van der Waals surface area contributed by atoms with Crippen LogP contribution in [0.5, 0.6) is 0 Å². The number of terminal acetylenes is 1. The van der Waals surface area contributed by atoms with E-state index in [9.17, 15) is 4.79 Å². The predicted molar refractivity (Wildman–Crippen MR) is 57.8 cm³/mol. The van der Waals surface area contributed by atoms with Gasteiger partial charge in [0, 0.05) is 11.3 Å². The van der Waals surface area contributed by atoms with Gasteiger partial charge >= 0.3 is 0 Å². The number of carbonyl (C=O) groups excluding carboxylic acids is 1. The molecular formula is C12H11NO. The Kier molecular flexibility index (Phi) is 3.51. The van der Waals surface area contributed by atoms with Gasteiger partial charge in [0.15, 0.2) is 0 Å². The number of allylic oxidation sites excluding steroid dienone is 1. The Balaban J connectivity index is 2.70. The lowest BCUT2D eigenvalue weighted by Crippen LogP contribution is -2.07. The van der Waals surface area contributed by atoms with Gasteiger partial charge in [-0.2, -0.15) is 0 Å². The summed E-state index contributed by atoms with van der Waals surface area (Å²) >= 11 is 0. The van der Waals surface area contributed by atoms with Crippen molar-refractivity contribution in [3.05, 3.63) is 42.0 Å². The monoisotopic (exact) mass is 185 g/mol. The molecule has 1 aromatic rings. The maximum absolute atomic E-state index is 11.1. The normalized spacial score (nSPS) is 9.71. The molecule has 0 unspecified atom stereocenters. The second kappa shape index (κ2) is 4.88. The van der Waals surface area contributed by atoms with Crippen LogP contribution in [0.15, 0.2) is 36.4 Å². The Bertz CT molecular complexity index is 382. The predicted octanol–water partition coefficient (Wildman–Crippen LogP) is 2.18. The molecule has 0 spiro atoms. The molecule has 0 bridgehead atoms. The minimum atomic E-state index is -0.138. The fraction of sp³-hybridized carbons (Fsp3) is 0.0833. The molecule has 0 radical (unpaired) electrons. The third kappa shape index (κ3) is 2.80. The molecule has 0 heterocycles. The molecule has 14 heavy (non-hydrogen) atoms. The van der Waals surface area contributed by atoms with E-state index in [1.807, 2.05) is 0 Å². The van der Waals surface area contributed by atoms with Crippen LogP contribution in [0.25, 0.3) is 0 Å². The molecular weight excluding hydrogens is 174 g/mol. The van der Waals surface area contributed by atoms with Crippen molar-refractivity contribution < 1.29 is 4.79 Å². The molecule has 1 N–H and O–H groups in total. The highest BCUT2D eigenvalue weighted by Crippen LogP contribution is 2.08. The van der Waals surface area contributed by atoms with Gasteiger partial charge in [-0.05, 0) is 37.3 Å². The first-order chi connectivity index (χ1) is 6.76. The fourth-order valence-electron chi connectivity index (χ4n) is 0.985. The van der Waals surface area contributed by atoms with Crippen molar-refractivity contribution in [3.63, 3.8) is 0 Å². The molecule has 0 aromatic heterocycles. The molecule has 0 aliphatic rings. The molecule has 0 aliphatic carbocycles. The van der Waals surface area contributed by atoms with E-state index >= 15 is 0 Å². The summed E-state index contributed by atoms with van der Waals surface area (Å²) in [4.78, 5) is 11.1. The lowest BCUT2D eigenvalue weighted by Gasteiger charge is -2.01. The quantitative estimate of drug-likeness (QED) is 0.555. The lowest BCUT2D eigenvalue weighted by molar-refractivity contribution is -0.111. The topological polar surface area (TPSA) is 29.1 Å². The van der Waals surface area contributed by atoms with Gasteiger partial charge in [-0.25, -0.2) is 0 Å². The Hall–Kier alpha value is -2.01. The SMILES string of the molecule is C#Cc1ccc(NC(=O)/C=C/C)cc1. The van der Waals surface area contributed by atoms with E-state index in [0.717, 1.165) is 11.3 Å². The molecule has 0 aliphatic heterocycles. The maximum atomic E-state index is 11.1. The molecule has 0 atom stereocenters. The minimum Gasteiger partial charge on any atom is -0.323 e. The number of hydrogen-bond acceptors (Lipinski definition) is 1. The number of benzene rings is 1. The van der Waals surface area contributed by atoms with Gasteiger partial charge in [0.2, 0.25) is 5.91 Å². The van der Waals surface area contributed by atoms with Crippen LogP contribution in [-0.2, 0) is 4.79 Å². The number of nitrogens with one attached hydrogen (secondary N) is 1. The number of hydrogen-bond donors (Lipinski definition) is 1. The number of amides is 1. The van der Waals surface area contributed by atoms with Crippen molar-refractivity contribution in [3.8, 4) is 12.3 Å². The van der Waals surface area contributed by atoms with Crippen molar-refractivity contribution in [2.75, 3.05) is 5.32 Å². The van der Waals surface area contributed by atoms with E-state index in [4.69, 9.17) is 6.42 Å². The summed E-state index contributed by atoms with van der Waals surface area (Å²) in [6, 6.07) is 7.11. The van der Waals surface area contributed by atoms with Gasteiger partial charge in [0.25, 0.3) is 0 Å². The van der Waals surface area contributed by atoms with Gasteiger partial charge in [-0.15, -0.1) is 6.42 Å². The molecule has 70 valence electrons. The average molecular weight is 185 g/mol. The number of carbonyl (C=O) groups is 1. The van der Waals surface area contributed by atoms with Crippen LogP contribution < -0.4 is 5.32 Å². The van der Waals surface area contributed by atoms with Gasteiger partial charge in [0.1, 0.15) is 0 Å². The van der Waals surface area contributed by atoms with Gasteiger partial charge in [-0.3, -0.25) is 4.79 Å². The van der Waals surface area contributed by atoms with E-state index < -0.39 is 0 Å². The second-order valence-electron chi connectivity index (χ2n) is 2.71. The second-order valence-corrected chi connectivity index (χ2v) is 2.71. The Morgan fingerprint density at radius 2 is 2.07 bits per heavy atom. The van der Waals surface area contributed by atoms with E-state index in [1.165, 1.54) is 6.08 Å². The summed E-state index contributed by atoms with van der Waals surface area (Å²) in [6.45, 7) is 1.79. The van der Waals surface area contributed by atoms with Gasteiger partial charge < -0.3 is 5.32 Å². The van der Waals surface area contributed by atoms with E-state index in [2.05, 4.69) is 11.2 Å². The highest BCUT2D eigenvalue weighted by molar-refractivity contribution is 5.99. The van der Waals surface area contributed by atoms with Crippen molar-refractivity contribution in [2.24, 2.45) is 0 Å². The van der Waals surface area contributed by atoms with Crippen LogP contribution >= 0.6 is 0 Å². The third-order valence-corrected chi connectivity index (χ3v) is 1.64. The van der Waals surface area contributed by atoms with Crippen LogP contribution in [0.3, 0.4) is 0 Å². The van der Waals surface area contributed by atoms with Crippen LogP contribution in [0.4, 0.5) is 5.69 Å². The summed E-state index contributed by atoms with van der Waals surface area (Å²) in [7, 11) is 0. The lowest BCUT2D eigenvalue weighted by atomic mass is 10.2. The maximum Gasteiger partial charge on any atom is 0.248 e. The average Bonchev–Trinajstić information content (AvgIpc) is 2.19. The summed E-state index contributed by atoms with van der Waals surface area (Å²) < 4.78 is 0. The van der Waals surface area contributed by atoms with Crippen LogP contribution in [0.1, 0.15) is 12.5 Å². The smallest absolute Gasteiger partial charge is 0.248 e. The zero-order valence-corrected chi connectivity index (χ0v) is 7.95.